The quantitative estimate of drug-likeness (QED) is 0.494. The Bertz CT molecular complexity index is 692. The molecule has 1 saturated heterocycles. The fraction of sp³-hybridized carbons (Fsp3) is 0.200. The SMILES string of the molecule is COC(=O)CN1C(=O)NC(=Cc2ccc(C(=O)OC)cc2)C1=O. The van der Waals surface area contributed by atoms with Crippen LogP contribution in [-0.2, 0) is 19.1 Å². The van der Waals surface area contributed by atoms with Gasteiger partial charge in [-0.1, -0.05) is 12.1 Å². The van der Waals surface area contributed by atoms with Crippen molar-refractivity contribution >= 4 is 30.0 Å². The van der Waals surface area contributed by atoms with Gasteiger partial charge in [0, 0.05) is 0 Å². The van der Waals surface area contributed by atoms with Crippen LogP contribution in [0.15, 0.2) is 30.0 Å². The molecule has 0 aliphatic carbocycles. The fourth-order valence-electron chi connectivity index (χ4n) is 1.91. The highest BCUT2D eigenvalue weighted by Gasteiger charge is 2.35. The molecule has 0 radical (unpaired) electrons. The van der Waals surface area contributed by atoms with Crippen LogP contribution in [0.25, 0.3) is 6.08 Å². The summed E-state index contributed by atoms with van der Waals surface area (Å²) in [6.07, 6.45) is 1.44. The van der Waals surface area contributed by atoms with Crippen LogP contribution in [0.4, 0.5) is 4.79 Å². The zero-order valence-corrected chi connectivity index (χ0v) is 12.5. The molecular formula is C15H14N2O6. The summed E-state index contributed by atoms with van der Waals surface area (Å²) >= 11 is 0. The van der Waals surface area contributed by atoms with Crippen molar-refractivity contribution in [2.75, 3.05) is 20.8 Å². The Morgan fingerprint density at radius 2 is 1.78 bits per heavy atom. The van der Waals surface area contributed by atoms with E-state index in [1.807, 2.05) is 0 Å². The van der Waals surface area contributed by atoms with Crippen molar-refractivity contribution in [1.29, 1.82) is 0 Å². The summed E-state index contributed by atoms with van der Waals surface area (Å²) in [7, 11) is 2.45. The van der Waals surface area contributed by atoms with E-state index in [0.717, 1.165) is 4.90 Å². The molecule has 0 saturated carbocycles. The van der Waals surface area contributed by atoms with E-state index in [1.54, 1.807) is 12.1 Å². The molecule has 0 spiro atoms. The topological polar surface area (TPSA) is 102 Å². The number of imide groups is 1. The molecular weight excluding hydrogens is 304 g/mol. The van der Waals surface area contributed by atoms with E-state index in [9.17, 15) is 19.2 Å². The lowest BCUT2D eigenvalue weighted by molar-refractivity contribution is -0.143. The summed E-state index contributed by atoms with van der Waals surface area (Å²) in [4.78, 5) is 47.1. The number of rotatable bonds is 4. The highest BCUT2D eigenvalue weighted by molar-refractivity contribution is 6.15. The van der Waals surface area contributed by atoms with Crippen molar-refractivity contribution in [2.45, 2.75) is 0 Å². The van der Waals surface area contributed by atoms with Crippen molar-refractivity contribution in [3.05, 3.63) is 41.1 Å². The monoisotopic (exact) mass is 318 g/mol. The van der Waals surface area contributed by atoms with Crippen LogP contribution in [0.5, 0.6) is 0 Å². The molecule has 1 fully saturated rings. The average Bonchev–Trinajstić information content (AvgIpc) is 2.82. The number of amides is 3. The maximum absolute atomic E-state index is 12.1. The second-order valence-electron chi connectivity index (χ2n) is 4.57. The van der Waals surface area contributed by atoms with Gasteiger partial charge in [-0.3, -0.25) is 9.59 Å². The van der Waals surface area contributed by atoms with Crippen LogP contribution in [0, 0.1) is 0 Å². The van der Waals surface area contributed by atoms with Gasteiger partial charge in [-0.15, -0.1) is 0 Å². The van der Waals surface area contributed by atoms with Gasteiger partial charge in [0.1, 0.15) is 12.2 Å². The summed E-state index contributed by atoms with van der Waals surface area (Å²) in [6.45, 7) is -0.459. The van der Waals surface area contributed by atoms with Crippen molar-refractivity contribution in [1.82, 2.24) is 10.2 Å². The van der Waals surface area contributed by atoms with Crippen LogP contribution < -0.4 is 5.32 Å². The van der Waals surface area contributed by atoms with E-state index in [1.165, 1.54) is 32.4 Å². The smallest absolute Gasteiger partial charge is 0.337 e. The number of carbonyl (C=O) groups excluding carboxylic acids is 4. The van der Waals surface area contributed by atoms with E-state index in [-0.39, 0.29) is 5.70 Å². The average molecular weight is 318 g/mol. The number of urea groups is 1. The van der Waals surface area contributed by atoms with E-state index in [4.69, 9.17) is 0 Å². The molecule has 3 amide bonds. The second-order valence-corrected chi connectivity index (χ2v) is 4.57. The molecule has 0 aromatic heterocycles. The summed E-state index contributed by atoms with van der Waals surface area (Å²) in [5.41, 5.74) is 0.995. The minimum absolute atomic E-state index is 0.0321. The molecule has 23 heavy (non-hydrogen) atoms. The highest BCUT2D eigenvalue weighted by Crippen LogP contribution is 2.15. The largest absolute Gasteiger partial charge is 0.468 e. The Morgan fingerprint density at radius 1 is 1.13 bits per heavy atom. The number of hydrogen-bond acceptors (Lipinski definition) is 6. The van der Waals surface area contributed by atoms with Gasteiger partial charge in [-0.05, 0) is 23.8 Å². The number of methoxy groups -OCH3 is 2. The lowest BCUT2D eigenvalue weighted by Crippen LogP contribution is -2.36. The van der Waals surface area contributed by atoms with Crippen LogP contribution >= 0.6 is 0 Å². The first-order valence-electron chi connectivity index (χ1n) is 6.56. The molecule has 0 atom stereocenters. The molecule has 0 unspecified atom stereocenters. The van der Waals surface area contributed by atoms with E-state index >= 15 is 0 Å². The molecule has 1 heterocycles. The van der Waals surface area contributed by atoms with Crippen molar-refractivity contribution in [3.8, 4) is 0 Å². The van der Waals surface area contributed by atoms with E-state index < -0.39 is 30.4 Å². The number of nitrogens with zero attached hydrogens (tertiary/aromatic N) is 1. The van der Waals surface area contributed by atoms with Crippen LogP contribution in [0.2, 0.25) is 0 Å². The standard InChI is InChI=1S/C15H14N2O6/c1-22-12(18)8-17-13(19)11(16-15(17)21)7-9-3-5-10(6-4-9)14(20)23-2/h3-7H,8H2,1-2H3,(H,16,21). The molecule has 1 aliphatic heterocycles. The lowest BCUT2D eigenvalue weighted by atomic mass is 10.1. The van der Waals surface area contributed by atoms with Crippen molar-refractivity contribution in [3.63, 3.8) is 0 Å². The number of nitrogens with one attached hydrogen (secondary N) is 1. The van der Waals surface area contributed by atoms with Crippen molar-refractivity contribution < 1.29 is 28.7 Å². The minimum Gasteiger partial charge on any atom is -0.468 e. The van der Waals surface area contributed by atoms with Crippen molar-refractivity contribution in [2.24, 2.45) is 0 Å². The normalized spacial score (nSPS) is 15.6. The predicted molar refractivity (Wildman–Crippen MR) is 78.0 cm³/mol. The first kappa shape index (κ1) is 16.2. The highest BCUT2D eigenvalue weighted by atomic mass is 16.5. The summed E-state index contributed by atoms with van der Waals surface area (Å²) in [5, 5.41) is 2.38. The number of hydrogen-bond donors (Lipinski definition) is 1. The molecule has 2 rings (SSSR count). The van der Waals surface area contributed by atoms with Gasteiger partial charge in [0.05, 0.1) is 19.8 Å². The maximum atomic E-state index is 12.1. The zero-order valence-electron chi connectivity index (χ0n) is 12.5. The number of esters is 2. The third-order valence-corrected chi connectivity index (χ3v) is 3.12. The number of carbonyl (C=O) groups is 4. The van der Waals surface area contributed by atoms with Gasteiger partial charge >= 0.3 is 18.0 Å². The first-order chi connectivity index (χ1) is 11.0. The van der Waals surface area contributed by atoms with Gasteiger partial charge in [-0.2, -0.15) is 0 Å². The summed E-state index contributed by atoms with van der Waals surface area (Å²) < 4.78 is 9.02. The van der Waals surface area contributed by atoms with Gasteiger partial charge in [0.15, 0.2) is 0 Å². The molecule has 0 bridgehead atoms. The first-order valence-corrected chi connectivity index (χ1v) is 6.56. The molecule has 120 valence electrons. The lowest BCUT2D eigenvalue weighted by Gasteiger charge is -2.08. The molecule has 1 aromatic rings. The predicted octanol–water partition coefficient (Wildman–Crippen LogP) is 0.539. The Balaban J connectivity index is 2.17. The Kier molecular flexibility index (Phi) is 4.75. The van der Waals surface area contributed by atoms with Crippen LogP contribution in [-0.4, -0.2) is 49.5 Å². The molecule has 1 N–H and O–H groups in total. The molecule has 8 nitrogen and oxygen atoms in total. The van der Waals surface area contributed by atoms with Gasteiger partial charge in [0.25, 0.3) is 5.91 Å². The molecule has 1 aromatic carbocycles. The second kappa shape index (κ2) is 6.73. The maximum Gasteiger partial charge on any atom is 0.337 e. The zero-order chi connectivity index (χ0) is 17.0. The van der Waals surface area contributed by atoms with Gasteiger partial charge in [0.2, 0.25) is 0 Å². The number of benzene rings is 1. The van der Waals surface area contributed by atoms with Gasteiger partial charge in [-0.25, -0.2) is 14.5 Å². The van der Waals surface area contributed by atoms with E-state index in [0.29, 0.717) is 11.1 Å². The van der Waals surface area contributed by atoms with Gasteiger partial charge < -0.3 is 14.8 Å². The number of ether oxygens (including phenoxy) is 2. The third-order valence-electron chi connectivity index (χ3n) is 3.12. The van der Waals surface area contributed by atoms with E-state index in [2.05, 4.69) is 14.8 Å². The fourth-order valence-corrected chi connectivity index (χ4v) is 1.91. The summed E-state index contributed by atoms with van der Waals surface area (Å²) in [5.74, 6) is -1.80. The third kappa shape index (κ3) is 3.54. The molecule has 8 heteroatoms. The summed E-state index contributed by atoms with van der Waals surface area (Å²) in [6, 6.07) is 5.57. The Labute approximate surface area is 131 Å². The molecule has 1 aliphatic rings. The van der Waals surface area contributed by atoms with Crippen LogP contribution in [0.3, 0.4) is 0 Å². The Hall–Kier alpha value is -3.16. The van der Waals surface area contributed by atoms with Crippen LogP contribution in [0.1, 0.15) is 15.9 Å². The minimum atomic E-state index is -0.697. The Morgan fingerprint density at radius 3 is 2.35 bits per heavy atom.